The quantitative estimate of drug-likeness (QED) is 0.303. The summed E-state index contributed by atoms with van der Waals surface area (Å²) in [5.74, 6) is -0.423. The minimum atomic E-state index is -0.594. The van der Waals surface area contributed by atoms with Gasteiger partial charge in [0.25, 0.3) is 0 Å². The van der Waals surface area contributed by atoms with Crippen LogP contribution in [0.4, 0.5) is 14.6 Å². The molecule has 1 aromatic heterocycles. The van der Waals surface area contributed by atoms with Crippen molar-refractivity contribution in [2.24, 2.45) is 10.6 Å². The van der Waals surface area contributed by atoms with Crippen LogP contribution < -0.4 is 9.64 Å². The number of phenolic OH excluding ortho intramolecular Hbond substituents is 1. The summed E-state index contributed by atoms with van der Waals surface area (Å²) in [4.78, 5) is 22.1. The first-order chi connectivity index (χ1) is 18.4. The molecule has 1 saturated carbocycles. The zero-order valence-electron chi connectivity index (χ0n) is 21.3. The lowest BCUT2D eigenvalue weighted by Crippen LogP contribution is -2.52. The molecule has 7 nitrogen and oxygen atoms in total. The van der Waals surface area contributed by atoms with Crippen LogP contribution >= 0.6 is 0 Å². The molecule has 196 valence electrons. The number of aromatic nitrogens is 2. The second-order valence-corrected chi connectivity index (χ2v) is 10.5. The maximum Gasteiger partial charge on any atom is 0.318 e. The molecule has 4 aromatic rings. The van der Waals surface area contributed by atoms with Crippen LogP contribution in [0.2, 0.25) is 0 Å². The van der Waals surface area contributed by atoms with Crippen molar-refractivity contribution < 1.29 is 18.6 Å². The van der Waals surface area contributed by atoms with Crippen LogP contribution in [0.3, 0.4) is 0 Å². The molecule has 1 saturated heterocycles. The molecule has 3 aromatic carbocycles. The highest BCUT2D eigenvalue weighted by atomic mass is 19.1. The van der Waals surface area contributed by atoms with Crippen molar-refractivity contribution in [2.45, 2.75) is 45.1 Å². The number of hydrogen-bond donors (Lipinski definition) is 1. The molecular formula is C29H28F2N4O3. The molecule has 6 rings (SSSR count). The summed E-state index contributed by atoms with van der Waals surface area (Å²) in [6.07, 6.45) is 3.88. The summed E-state index contributed by atoms with van der Waals surface area (Å²) in [7, 11) is 1.44. The van der Waals surface area contributed by atoms with E-state index in [2.05, 4.69) is 20.0 Å². The van der Waals surface area contributed by atoms with Gasteiger partial charge in [-0.15, -0.1) is 0 Å². The Balaban J connectivity index is 1.52. The number of hydrogen-bond acceptors (Lipinski definition) is 7. The monoisotopic (exact) mass is 518 g/mol. The molecule has 0 radical (unpaired) electrons. The lowest BCUT2D eigenvalue weighted by Gasteiger charge is -2.51. The van der Waals surface area contributed by atoms with Crippen LogP contribution in [0, 0.1) is 22.0 Å². The fourth-order valence-corrected chi connectivity index (χ4v) is 6.46. The van der Waals surface area contributed by atoms with Gasteiger partial charge >= 0.3 is 6.01 Å². The standard InChI is InChI=1S/C29H28F2N4O3/c1-3-19-23(30)8-5-16-11-18(36)12-22(24(16)19)20-6-7-21-26(25(20)31)32-28(38-2)33-27(21)35-10-4-9-29(15-35)13-17(14-29)34-37/h5-8,11-12,17,36H,3-4,9-10,13-15H2,1-2H3. The van der Waals surface area contributed by atoms with Gasteiger partial charge in [0, 0.05) is 24.0 Å². The predicted molar refractivity (Wildman–Crippen MR) is 143 cm³/mol. The number of benzene rings is 3. The van der Waals surface area contributed by atoms with E-state index in [0.29, 0.717) is 46.1 Å². The molecule has 0 atom stereocenters. The number of methoxy groups -OCH3 is 1. The largest absolute Gasteiger partial charge is 0.508 e. The Hall–Kier alpha value is -3.88. The van der Waals surface area contributed by atoms with E-state index in [1.807, 2.05) is 6.92 Å². The molecule has 38 heavy (non-hydrogen) atoms. The summed E-state index contributed by atoms with van der Waals surface area (Å²) < 4.78 is 36.5. The number of piperidine rings is 1. The minimum absolute atomic E-state index is 0.0148. The Kier molecular flexibility index (Phi) is 5.89. The Morgan fingerprint density at radius 2 is 1.97 bits per heavy atom. The third-order valence-electron chi connectivity index (χ3n) is 8.19. The number of halogens is 2. The van der Waals surface area contributed by atoms with E-state index in [1.165, 1.54) is 19.2 Å². The third kappa shape index (κ3) is 3.83. The van der Waals surface area contributed by atoms with Crippen LogP contribution in [0.15, 0.2) is 41.6 Å². The van der Waals surface area contributed by atoms with Crippen molar-refractivity contribution in [1.82, 2.24) is 9.97 Å². The van der Waals surface area contributed by atoms with E-state index in [1.54, 1.807) is 24.3 Å². The summed E-state index contributed by atoms with van der Waals surface area (Å²) in [6, 6.07) is 9.31. The first-order valence-electron chi connectivity index (χ1n) is 12.9. The molecule has 1 spiro atoms. The van der Waals surface area contributed by atoms with Crippen LogP contribution in [0.1, 0.15) is 38.2 Å². The van der Waals surface area contributed by atoms with Crippen LogP contribution in [0.25, 0.3) is 32.8 Å². The fraction of sp³-hybridized carbons (Fsp3) is 0.379. The maximum atomic E-state index is 16.4. The number of fused-ring (bicyclic) bond motifs is 2. The average molecular weight is 519 g/mol. The van der Waals surface area contributed by atoms with Gasteiger partial charge in [-0.2, -0.15) is 14.9 Å². The number of aryl methyl sites for hydroxylation is 1. The zero-order valence-corrected chi connectivity index (χ0v) is 21.3. The molecule has 0 amide bonds. The first-order valence-corrected chi connectivity index (χ1v) is 12.9. The van der Waals surface area contributed by atoms with E-state index in [0.717, 1.165) is 32.2 Å². The number of anilines is 1. The van der Waals surface area contributed by atoms with Crippen molar-refractivity contribution in [3.05, 3.63) is 58.5 Å². The average Bonchev–Trinajstić information content (AvgIpc) is 2.91. The number of rotatable bonds is 5. The van der Waals surface area contributed by atoms with Gasteiger partial charge in [0.15, 0.2) is 5.82 Å². The van der Waals surface area contributed by atoms with Crippen molar-refractivity contribution in [1.29, 1.82) is 0 Å². The van der Waals surface area contributed by atoms with E-state index in [9.17, 15) is 14.4 Å². The predicted octanol–water partition coefficient (Wildman–Crippen LogP) is 6.52. The minimum Gasteiger partial charge on any atom is -0.508 e. The van der Waals surface area contributed by atoms with Gasteiger partial charge < -0.3 is 14.7 Å². The highest BCUT2D eigenvalue weighted by molar-refractivity contribution is 6.03. The molecule has 0 unspecified atom stereocenters. The second kappa shape index (κ2) is 9.15. The lowest BCUT2D eigenvalue weighted by atomic mass is 9.61. The van der Waals surface area contributed by atoms with Gasteiger partial charge in [-0.25, -0.2) is 8.78 Å². The highest BCUT2D eigenvalue weighted by Gasteiger charge is 2.48. The second-order valence-electron chi connectivity index (χ2n) is 10.5. The van der Waals surface area contributed by atoms with Gasteiger partial charge in [0.05, 0.1) is 13.2 Å². The topological polar surface area (TPSA) is 87.9 Å². The number of phenols is 1. The Bertz CT molecular complexity index is 1590. The normalized spacial score (nSPS) is 21.2. The van der Waals surface area contributed by atoms with Crippen LogP contribution in [0.5, 0.6) is 11.8 Å². The van der Waals surface area contributed by atoms with E-state index in [-0.39, 0.29) is 40.1 Å². The Labute approximate surface area is 218 Å². The molecule has 2 aliphatic rings. The smallest absolute Gasteiger partial charge is 0.318 e. The van der Waals surface area contributed by atoms with Gasteiger partial charge in [0.2, 0.25) is 0 Å². The van der Waals surface area contributed by atoms with Crippen molar-refractivity contribution in [3.8, 4) is 22.9 Å². The maximum absolute atomic E-state index is 16.4. The molecule has 0 bridgehead atoms. The number of nitroso groups, excluding NO2 is 1. The Morgan fingerprint density at radius 1 is 1.16 bits per heavy atom. The van der Waals surface area contributed by atoms with Gasteiger partial charge in [0.1, 0.15) is 22.9 Å². The van der Waals surface area contributed by atoms with Crippen molar-refractivity contribution in [3.63, 3.8) is 0 Å². The van der Waals surface area contributed by atoms with Crippen molar-refractivity contribution in [2.75, 3.05) is 25.1 Å². The van der Waals surface area contributed by atoms with Crippen LogP contribution in [-0.2, 0) is 6.42 Å². The molecule has 1 aliphatic heterocycles. The van der Waals surface area contributed by atoms with Crippen molar-refractivity contribution >= 4 is 27.5 Å². The first kappa shape index (κ1) is 24.5. The molecule has 2 heterocycles. The third-order valence-corrected chi connectivity index (χ3v) is 8.19. The molecule has 1 N–H and O–H groups in total. The highest BCUT2D eigenvalue weighted by Crippen LogP contribution is 2.50. The molecular weight excluding hydrogens is 490 g/mol. The zero-order chi connectivity index (χ0) is 26.6. The summed E-state index contributed by atoms with van der Waals surface area (Å²) >= 11 is 0. The van der Waals surface area contributed by atoms with Gasteiger partial charge in [-0.3, -0.25) is 0 Å². The van der Waals surface area contributed by atoms with E-state index >= 15 is 4.39 Å². The summed E-state index contributed by atoms with van der Waals surface area (Å²) in [5.41, 5.74) is 1.17. The summed E-state index contributed by atoms with van der Waals surface area (Å²) in [5, 5.41) is 15.4. The number of nitrogens with zero attached hydrogens (tertiary/aromatic N) is 4. The number of aromatic hydroxyl groups is 1. The molecule has 9 heteroatoms. The fourth-order valence-electron chi connectivity index (χ4n) is 6.46. The summed E-state index contributed by atoms with van der Waals surface area (Å²) in [6.45, 7) is 3.29. The molecule has 1 aliphatic carbocycles. The Morgan fingerprint density at radius 3 is 2.71 bits per heavy atom. The van der Waals surface area contributed by atoms with E-state index in [4.69, 9.17) is 4.74 Å². The molecule has 2 fully saturated rings. The van der Waals surface area contributed by atoms with Gasteiger partial charge in [-0.1, -0.05) is 24.2 Å². The van der Waals surface area contributed by atoms with E-state index < -0.39 is 5.82 Å². The van der Waals surface area contributed by atoms with Crippen LogP contribution in [-0.4, -0.2) is 41.3 Å². The SMILES string of the molecule is CCc1c(F)ccc2cc(O)cc(-c3ccc4c(N5CCCC6(CC(N=O)C6)C5)nc(OC)nc4c3F)c12. The van der Waals surface area contributed by atoms with Gasteiger partial charge in [-0.05, 0) is 83.7 Å². The number of ether oxygens (including phenoxy) is 1. The lowest BCUT2D eigenvalue weighted by molar-refractivity contribution is 0.0827.